The average molecular weight is 496 g/mol. The average Bonchev–Trinajstić information content (AvgIpc) is 3.57. The fourth-order valence-corrected chi connectivity index (χ4v) is 5.83. The summed E-state index contributed by atoms with van der Waals surface area (Å²) in [6.07, 6.45) is 5.80. The van der Waals surface area contributed by atoms with Crippen LogP contribution in [0.4, 0.5) is 5.69 Å². The summed E-state index contributed by atoms with van der Waals surface area (Å²) in [6, 6.07) is 17.6. The number of anilines is 1. The van der Waals surface area contributed by atoms with Gasteiger partial charge in [0.2, 0.25) is 5.91 Å². The highest BCUT2D eigenvalue weighted by molar-refractivity contribution is 7.10. The maximum Gasteiger partial charge on any atom is 0.275 e. The van der Waals surface area contributed by atoms with Gasteiger partial charge in [0.05, 0.1) is 16.9 Å². The molecule has 7 nitrogen and oxygen atoms in total. The Labute approximate surface area is 212 Å². The number of nitrogens with zero attached hydrogens (tertiary/aromatic N) is 3. The second-order valence-electron chi connectivity index (χ2n) is 9.13. The number of para-hydroxylation sites is 1. The third kappa shape index (κ3) is 4.47. The van der Waals surface area contributed by atoms with Crippen molar-refractivity contribution in [3.05, 3.63) is 88.6 Å². The van der Waals surface area contributed by atoms with Gasteiger partial charge in [0, 0.05) is 58.8 Å². The predicted octanol–water partition coefficient (Wildman–Crippen LogP) is 5.37. The first-order valence-corrected chi connectivity index (χ1v) is 13.0. The minimum atomic E-state index is -0.216. The third-order valence-electron chi connectivity index (χ3n) is 6.83. The molecule has 2 amide bonds. The zero-order valence-electron chi connectivity index (χ0n) is 19.6. The van der Waals surface area contributed by atoms with Gasteiger partial charge in [-0.25, -0.2) is 4.98 Å². The van der Waals surface area contributed by atoms with Crippen molar-refractivity contribution in [3.8, 4) is 0 Å². The first-order valence-electron chi connectivity index (χ1n) is 12.1. The smallest absolute Gasteiger partial charge is 0.275 e. The lowest BCUT2D eigenvalue weighted by molar-refractivity contribution is -0.131. The summed E-state index contributed by atoms with van der Waals surface area (Å²) in [6.45, 7) is 1.41. The summed E-state index contributed by atoms with van der Waals surface area (Å²) < 4.78 is 0. The monoisotopic (exact) mass is 495 g/mol. The highest BCUT2D eigenvalue weighted by atomic mass is 32.1. The number of pyridine rings is 1. The first-order chi connectivity index (χ1) is 17.6. The Balaban J connectivity index is 1.06. The zero-order chi connectivity index (χ0) is 24.5. The molecule has 1 aliphatic rings. The Kier molecular flexibility index (Phi) is 5.95. The molecule has 1 aliphatic heterocycles. The minimum absolute atomic E-state index is 0.156. The van der Waals surface area contributed by atoms with Crippen molar-refractivity contribution in [1.82, 2.24) is 19.9 Å². The van der Waals surface area contributed by atoms with Crippen molar-refractivity contribution in [3.63, 3.8) is 0 Å². The highest BCUT2D eigenvalue weighted by Gasteiger charge is 2.27. The molecule has 3 aromatic heterocycles. The molecule has 0 atom stereocenters. The molecular formula is C28H25N5O2S. The zero-order valence-corrected chi connectivity index (χ0v) is 20.4. The maximum atomic E-state index is 12.9. The van der Waals surface area contributed by atoms with Crippen molar-refractivity contribution >= 4 is 50.6 Å². The summed E-state index contributed by atoms with van der Waals surface area (Å²) in [4.78, 5) is 39.9. The molecule has 2 aromatic carbocycles. The Morgan fingerprint density at radius 1 is 1.08 bits per heavy atom. The van der Waals surface area contributed by atoms with E-state index in [4.69, 9.17) is 0 Å². The summed E-state index contributed by atoms with van der Waals surface area (Å²) in [5.74, 6) is 0.204. The normalized spacial score (nSPS) is 14.4. The number of carbonyl (C=O) groups excluding carboxylic acids is 2. The molecule has 5 aromatic rings. The van der Waals surface area contributed by atoms with Gasteiger partial charge in [-0.15, -0.1) is 11.3 Å². The number of aromatic amines is 1. The van der Waals surface area contributed by atoms with Gasteiger partial charge in [-0.2, -0.15) is 0 Å². The lowest BCUT2D eigenvalue weighted by atomic mass is 9.97. The van der Waals surface area contributed by atoms with Crippen molar-refractivity contribution < 1.29 is 9.59 Å². The summed E-state index contributed by atoms with van der Waals surface area (Å²) >= 11 is 1.52. The number of nitrogens with one attached hydrogen (secondary N) is 2. The van der Waals surface area contributed by atoms with Gasteiger partial charge < -0.3 is 15.2 Å². The van der Waals surface area contributed by atoms with Crippen LogP contribution in [-0.2, 0) is 11.2 Å². The van der Waals surface area contributed by atoms with Gasteiger partial charge in [-0.3, -0.25) is 14.6 Å². The number of piperidine rings is 1. The molecule has 1 saturated heterocycles. The van der Waals surface area contributed by atoms with Gasteiger partial charge in [0.1, 0.15) is 5.69 Å². The van der Waals surface area contributed by atoms with E-state index in [-0.39, 0.29) is 17.7 Å². The number of H-pyrrole nitrogens is 1. The number of fused-ring (bicyclic) bond motifs is 2. The molecule has 0 saturated carbocycles. The van der Waals surface area contributed by atoms with E-state index in [0.29, 0.717) is 25.2 Å². The lowest BCUT2D eigenvalue weighted by Crippen LogP contribution is -2.38. The predicted molar refractivity (Wildman–Crippen MR) is 142 cm³/mol. The van der Waals surface area contributed by atoms with Crippen LogP contribution in [0.2, 0.25) is 0 Å². The van der Waals surface area contributed by atoms with Crippen LogP contribution in [0.3, 0.4) is 0 Å². The minimum Gasteiger partial charge on any atom is -0.361 e. The second-order valence-corrected chi connectivity index (χ2v) is 10.0. The number of aromatic nitrogens is 3. The van der Waals surface area contributed by atoms with Crippen molar-refractivity contribution in [2.24, 2.45) is 0 Å². The van der Waals surface area contributed by atoms with Gasteiger partial charge in [0.15, 0.2) is 0 Å². The Bertz CT molecular complexity index is 1560. The van der Waals surface area contributed by atoms with E-state index in [1.54, 1.807) is 6.20 Å². The molecule has 1 fully saturated rings. The summed E-state index contributed by atoms with van der Waals surface area (Å²) in [5.41, 5.74) is 4.13. The molecule has 6 rings (SSSR count). The molecule has 0 unspecified atom stereocenters. The molecule has 0 radical (unpaired) electrons. The largest absolute Gasteiger partial charge is 0.361 e. The Hall–Kier alpha value is -4.04. The van der Waals surface area contributed by atoms with Crippen LogP contribution in [-0.4, -0.2) is 44.8 Å². The number of hydrogen-bond donors (Lipinski definition) is 2. The van der Waals surface area contributed by atoms with E-state index >= 15 is 0 Å². The Morgan fingerprint density at radius 2 is 1.94 bits per heavy atom. The van der Waals surface area contributed by atoms with Crippen LogP contribution in [0.25, 0.3) is 21.8 Å². The summed E-state index contributed by atoms with van der Waals surface area (Å²) in [7, 11) is 0. The quantitative estimate of drug-likeness (QED) is 0.343. The van der Waals surface area contributed by atoms with Crippen molar-refractivity contribution in [2.75, 3.05) is 18.4 Å². The first kappa shape index (κ1) is 22.4. The number of thiazole rings is 1. The highest BCUT2D eigenvalue weighted by Crippen LogP contribution is 2.31. The van der Waals surface area contributed by atoms with Crippen LogP contribution in [0.15, 0.2) is 72.4 Å². The molecule has 2 N–H and O–H groups in total. The number of hydrogen-bond acceptors (Lipinski definition) is 5. The number of carbonyl (C=O) groups is 2. The van der Waals surface area contributed by atoms with Gasteiger partial charge in [-0.1, -0.05) is 24.3 Å². The Morgan fingerprint density at radius 3 is 2.83 bits per heavy atom. The molecule has 0 aliphatic carbocycles. The van der Waals surface area contributed by atoms with E-state index < -0.39 is 0 Å². The molecule has 0 bridgehead atoms. The van der Waals surface area contributed by atoms with E-state index in [2.05, 4.69) is 20.3 Å². The SMILES string of the molecule is O=C(Nc1ccc2ncccc2c1)c1csc(C2CCN(C(=O)Cc3c[nH]c4ccccc34)CC2)n1. The third-order valence-corrected chi connectivity index (χ3v) is 7.84. The number of benzene rings is 2. The van der Waals surface area contributed by atoms with Gasteiger partial charge in [-0.05, 0) is 48.7 Å². The second kappa shape index (κ2) is 9.54. The maximum absolute atomic E-state index is 12.9. The topological polar surface area (TPSA) is 91.0 Å². The molecule has 36 heavy (non-hydrogen) atoms. The lowest BCUT2D eigenvalue weighted by Gasteiger charge is -2.31. The molecular weight excluding hydrogens is 470 g/mol. The standard InChI is InChI=1S/C28H25N5O2S/c34-26(15-20-16-30-24-6-2-1-5-22(20)24)33-12-9-18(10-13-33)28-32-25(17-36-28)27(35)31-21-7-8-23-19(14-21)4-3-11-29-23/h1-8,11,14,16-18,30H,9-10,12-13,15H2,(H,31,35). The van der Waals surface area contributed by atoms with E-state index in [1.807, 2.05) is 71.1 Å². The molecule has 0 spiro atoms. The molecule has 8 heteroatoms. The van der Waals surface area contributed by atoms with Crippen LogP contribution in [0.1, 0.15) is 39.8 Å². The van der Waals surface area contributed by atoms with E-state index in [9.17, 15) is 9.59 Å². The van der Waals surface area contributed by atoms with Gasteiger partial charge in [0.25, 0.3) is 5.91 Å². The number of rotatable bonds is 5. The fourth-order valence-electron chi connectivity index (χ4n) is 4.86. The van der Waals surface area contributed by atoms with Crippen LogP contribution < -0.4 is 5.32 Å². The molecule has 4 heterocycles. The van der Waals surface area contributed by atoms with E-state index in [0.717, 1.165) is 50.9 Å². The van der Waals surface area contributed by atoms with Crippen molar-refractivity contribution in [2.45, 2.75) is 25.2 Å². The van der Waals surface area contributed by atoms with Crippen LogP contribution in [0, 0.1) is 0 Å². The van der Waals surface area contributed by atoms with Crippen LogP contribution in [0.5, 0.6) is 0 Å². The van der Waals surface area contributed by atoms with Crippen molar-refractivity contribution in [1.29, 1.82) is 0 Å². The molecule has 180 valence electrons. The van der Waals surface area contributed by atoms with Crippen LogP contribution >= 0.6 is 11.3 Å². The number of likely N-dealkylation sites (tertiary alicyclic amines) is 1. The number of amides is 2. The fraction of sp³-hybridized carbons (Fsp3) is 0.214. The van der Waals surface area contributed by atoms with Gasteiger partial charge >= 0.3 is 0 Å². The van der Waals surface area contributed by atoms with E-state index in [1.165, 1.54) is 11.3 Å². The summed E-state index contributed by atoms with van der Waals surface area (Å²) in [5, 5.41) is 7.81.